The Labute approximate surface area is 120 Å². The van der Waals surface area contributed by atoms with E-state index in [1.54, 1.807) is 0 Å². The molecule has 3 heteroatoms. The van der Waals surface area contributed by atoms with E-state index in [0.29, 0.717) is 24.1 Å². The molecule has 2 atom stereocenters. The number of aryl methyl sites for hydroxylation is 1. The maximum atomic E-state index is 12.2. The molecule has 1 saturated carbocycles. The second-order valence-electron chi connectivity index (χ2n) is 5.46. The van der Waals surface area contributed by atoms with Crippen LogP contribution in [0.2, 0.25) is 0 Å². The summed E-state index contributed by atoms with van der Waals surface area (Å²) in [7, 11) is 0. The molecule has 1 aliphatic carbocycles. The van der Waals surface area contributed by atoms with Crippen LogP contribution in [-0.2, 0) is 0 Å². The molecule has 3 N–H and O–H groups in total. The predicted molar refractivity (Wildman–Crippen MR) is 81.4 cm³/mol. The van der Waals surface area contributed by atoms with Crippen LogP contribution in [0.1, 0.15) is 47.7 Å². The third-order valence-corrected chi connectivity index (χ3v) is 3.57. The van der Waals surface area contributed by atoms with Crippen molar-refractivity contribution in [2.24, 2.45) is 11.7 Å². The maximum absolute atomic E-state index is 12.2. The first-order chi connectivity index (χ1) is 9.63. The van der Waals surface area contributed by atoms with Crippen LogP contribution >= 0.6 is 0 Å². The zero-order chi connectivity index (χ0) is 14.5. The number of hydrogen-bond acceptors (Lipinski definition) is 2. The summed E-state index contributed by atoms with van der Waals surface area (Å²) in [5.74, 6) is 6.48. The molecule has 20 heavy (non-hydrogen) atoms. The van der Waals surface area contributed by atoms with Crippen LogP contribution < -0.4 is 11.1 Å². The Morgan fingerprint density at radius 3 is 2.95 bits per heavy atom. The van der Waals surface area contributed by atoms with E-state index in [1.165, 1.54) is 12.8 Å². The van der Waals surface area contributed by atoms with E-state index >= 15 is 0 Å². The van der Waals surface area contributed by atoms with Gasteiger partial charge in [-0.05, 0) is 49.4 Å². The third-order valence-electron chi connectivity index (χ3n) is 3.57. The molecule has 1 aromatic rings. The van der Waals surface area contributed by atoms with Gasteiger partial charge >= 0.3 is 0 Å². The van der Waals surface area contributed by atoms with E-state index in [0.717, 1.165) is 17.5 Å². The average molecular weight is 270 g/mol. The van der Waals surface area contributed by atoms with Crippen molar-refractivity contribution in [1.82, 2.24) is 5.32 Å². The zero-order valence-corrected chi connectivity index (χ0v) is 12.2. The quantitative estimate of drug-likeness (QED) is 0.824. The van der Waals surface area contributed by atoms with E-state index in [-0.39, 0.29) is 5.91 Å². The van der Waals surface area contributed by atoms with E-state index in [9.17, 15) is 4.79 Å². The molecule has 0 aliphatic heterocycles. The van der Waals surface area contributed by atoms with Crippen molar-refractivity contribution >= 4 is 5.91 Å². The second kappa shape index (κ2) is 6.58. The van der Waals surface area contributed by atoms with Crippen molar-refractivity contribution in [3.8, 4) is 11.8 Å². The van der Waals surface area contributed by atoms with Crippen LogP contribution in [0.3, 0.4) is 0 Å². The van der Waals surface area contributed by atoms with Gasteiger partial charge in [-0.2, -0.15) is 0 Å². The monoisotopic (exact) mass is 270 g/mol. The van der Waals surface area contributed by atoms with E-state index in [2.05, 4.69) is 24.1 Å². The Morgan fingerprint density at radius 2 is 2.25 bits per heavy atom. The number of carbonyl (C=O) groups excluding carboxylic acids is 1. The highest BCUT2D eigenvalue weighted by atomic mass is 16.1. The first-order valence-corrected chi connectivity index (χ1v) is 7.25. The first-order valence-electron chi connectivity index (χ1n) is 7.25. The van der Waals surface area contributed by atoms with Gasteiger partial charge in [-0.3, -0.25) is 4.79 Å². The molecular formula is C17H22N2O. The molecule has 3 nitrogen and oxygen atoms in total. The minimum atomic E-state index is 0.00750. The Kier molecular flexibility index (Phi) is 4.81. The molecule has 0 spiro atoms. The van der Waals surface area contributed by atoms with Crippen molar-refractivity contribution in [2.45, 2.75) is 39.2 Å². The van der Waals surface area contributed by atoms with Gasteiger partial charge in [0, 0.05) is 17.2 Å². The number of nitrogens with two attached hydrogens (primary N) is 1. The van der Waals surface area contributed by atoms with Gasteiger partial charge in [0.25, 0.3) is 5.91 Å². The van der Waals surface area contributed by atoms with Gasteiger partial charge in [0.1, 0.15) is 0 Å². The summed E-state index contributed by atoms with van der Waals surface area (Å²) >= 11 is 0. The van der Waals surface area contributed by atoms with Crippen LogP contribution in [0.5, 0.6) is 0 Å². The van der Waals surface area contributed by atoms with Gasteiger partial charge in [0.15, 0.2) is 0 Å². The minimum Gasteiger partial charge on any atom is -0.349 e. The SMILES string of the molecule is CCCC1CC1NC(=O)c1cc(C)cc(C#CCN)c1. The molecule has 1 amide bonds. The second-order valence-corrected chi connectivity index (χ2v) is 5.46. The normalized spacial score (nSPS) is 19.9. The Balaban J connectivity index is 2.04. The summed E-state index contributed by atoms with van der Waals surface area (Å²) in [5.41, 5.74) is 7.96. The largest absolute Gasteiger partial charge is 0.349 e. The summed E-state index contributed by atoms with van der Waals surface area (Å²) in [6.07, 6.45) is 3.50. The molecule has 106 valence electrons. The van der Waals surface area contributed by atoms with Crippen molar-refractivity contribution < 1.29 is 4.79 Å². The highest BCUT2D eigenvalue weighted by Gasteiger charge is 2.37. The van der Waals surface area contributed by atoms with Crippen LogP contribution in [0.15, 0.2) is 18.2 Å². The summed E-state index contributed by atoms with van der Waals surface area (Å²) < 4.78 is 0. The molecule has 2 rings (SSSR count). The van der Waals surface area contributed by atoms with E-state index < -0.39 is 0 Å². The fourth-order valence-corrected chi connectivity index (χ4v) is 2.51. The minimum absolute atomic E-state index is 0.00750. The average Bonchev–Trinajstić information content (AvgIpc) is 3.14. The maximum Gasteiger partial charge on any atom is 0.251 e. The standard InChI is InChI=1S/C17H22N2O/c1-3-5-14-11-16(14)19-17(20)15-9-12(2)8-13(10-15)6-4-7-18/h8-10,14,16H,3,5,7,11,18H2,1-2H3,(H,19,20). The number of amides is 1. The van der Waals surface area contributed by atoms with Crippen LogP contribution in [-0.4, -0.2) is 18.5 Å². The number of carbonyl (C=O) groups is 1. The lowest BCUT2D eigenvalue weighted by atomic mass is 10.1. The Morgan fingerprint density at radius 1 is 1.45 bits per heavy atom. The van der Waals surface area contributed by atoms with Gasteiger partial charge in [0.2, 0.25) is 0 Å². The van der Waals surface area contributed by atoms with Crippen molar-refractivity contribution in [3.63, 3.8) is 0 Å². The smallest absolute Gasteiger partial charge is 0.251 e. The molecule has 0 saturated heterocycles. The van der Waals surface area contributed by atoms with Crippen molar-refractivity contribution in [1.29, 1.82) is 0 Å². The summed E-state index contributed by atoms with van der Waals surface area (Å²) in [5, 5.41) is 3.10. The van der Waals surface area contributed by atoms with Gasteiger partial charge in [0.05, 0.1) is 6.54 Å². The highest BCUT2D eigenvalue weighted by molar-refractivity contribution is 5.95. The molecule has 1 aliphatic rings. The van der Waals surface area contributed by atoms with Gasteiger partial charge < -0.3 is 11.1 Å². The number of benzene rings is 1. The third kappa shape index (κ3) is 3.85. The summed E-state index contributed by atoms with van der Waals surface area (Å²) in [6.45, 7) is 4.48. The zero-order valence-electron chi connectivity index (χ0n) is 12.2. The van der Waals surface area contributed by atoms with E-state index in [4.69, 9.17) is 5.73 Å². The number of hydrogen-bond donors (Lipinski definition) is 2. The lowest BCUT2D eigenvalue weighted by Gasteiger charge is -2.06. The van der Waals surface area contributed by atoms with Gasteiger partial charge in [-0.1, -0.05) is 25.2 Å². The van der Waals surface area contributed by atoms with Gasteiger partial charge in [-0.15, -0.1) is 0 Å². The number of nitrogens with one attached hydrogen (secondary N) is 1. The fourth-order valence-electron chi connectivity index (χ4n) is 2.51. The van der Waals surface area contributed by atoms with E-state index in [1.807, 2.05) is 25.1 Å². The number of rotatable bonds is 4. The molecule has 1 fully saturated rings. The van der Waals surface area contributed by atoms with Crippen LogP contribution in [0.25, 0.3) is 0 Å². The molecule has 1 aromatic carbocycles. The molecule has 0 aromatic heterocycles. The summed E-state index contributed by atoms with van der Waals surface area (Å²) in [4.78, 5) is 12.2. The molecule has 2 unspecified atom stereocenters. The lowest BCUT2D eigenvalue weighted by molar-refractivity contribution is 0.0948. The van der Waals surface area contributed by atoms with Crippen LogP contribution in [0.4, 0.5) is 0 Å². The highest BCUT2D eigenvalue weighted by Crippen LogP contribution is 2.34. The predicted octanol–water partition coefficient (Wildman–Crippen LogP) is 2.22. The van der Waals surface area contributed by atoms with Gasteiger partial charge in [-0.25, -0.2) is 0 Å². The molecule has 0 heterocycles. The summed E-state index contributed by atoms with van der Waals surface area (Å²) in [6, 6.07) is 6.07. The van der Waals surface area contributed by atoms with Crippen molar-refractivity contribution in [3.05, 3.63) is 34.9 Å². The lowest BCUT2D eigenvalue weighted by Crippen LogP contribution is -2.27. The Bertz CT molecular complexity index is 554. The first kappa shape index (κ1) is 14.6. The van der Waals surface area contributed by atoms with Crippen molar-refractivity contribution in [2.75, 3.05) is 6.54 Å². The van der Waals surface area contributed by atoms with Crippen LogP contribution in [0, 0.1) is 24.7 Å². The molecule has 0 bridgehead atoms. The fraction of sp³-hybridized carbons (Fsp3) is 0.471. The topological polar surface area (TPSA) is 55.1 Å². The molecular weight excluding hydrogens is 248 g/mol. The Hall–Kier alpha value is -1.79. The molecule has 0 radical (unpaired) electrons.